The van der Waals surface area contributed by atoms with Crippen molar-refractivity contribution in [3.8, 4) is 0 Å². The molecule has 0 saturated carbocycles. The molecule has 3 aromatic rings. The molecule has 0 aliphatic carbocycles. The van der Waals surface area contributed by atoms with Crippen LogP contribution in [0.15, 0.2) is 71.6 Å². The maximum absolute atomic E-state index is 13.8. The van der Waals surface area contributed by atoms with E-state index < -0.39 is 27.7 Å². The smallest absolute Gasteiger partial charge is 0.270 e. The summed E-state index contributed by atoms with van der Waals surface area (Å²) in [6.45, 7) is 1.61. The van der Waals surface area contributed by atoms with Crippen LogP contribution in [0.2, 0.25) is 5.02 Å². The Balaban J connectivity index is 1.77. The van der Waals surface area contributed by atoms with Crippen molar-refractivity contribution in [1.29, 1.82) is 0 Å². The summed E-state index contributed by atoms with van der Waals surface area (Å²) in [5, 5.41) is 0.457. The van der Waals surface area contributed by atoms with Crippen LogP contribution in [0, 0.1) is 12.7 Å². The molecule has 7 nitrogen and oxygen atoms in total. The molecule has 0 unspecified atom stereocenters. The van der Waals surface area contributed by atoms with Crippen LogP contribution in [0.4, 0.5) is 10.1 Å². The summed E-state index contributed by atoms with van der Waals surface area (Å²) in [6.07, 6.45) is 0. The topological polar surface area (TPSA) is 104 Å². The van der Waals surface area contributed by atoms with Crippen LogP contribution in [0.3, 0.4) is 0 Å². The lowest BCUT2D eigenvalue weighted by atomic mass is 10.1. The zero-order valence-electron chi connectivity index (χ0n) is 16.1. The molecule has 3 rings (SSSR count). The molecular weight excluding hydrogens is 445 g/mol. The number of anilines is 1. The van der Waals surface area contributed by atoms with Crippen molar-refractivity contribution in [3.63, 3.8) is 0 Å². The van der Waals surface area contributed by atoms with E-state index in [1.54, 1.807) is 6.92 Å². The molecule has 3 aromatic carbocycles. The van der Waals surface area contributed by atoms with Gasteiger partial charge < -0.3 is 0 Å². The van der Waals surface area contributed by atoms with Gasteiger partial charge in [-0.3, -0.25) is 25.2 Å². The average molecular weight is 462 g/mol. The van der Waals surface area contributed by atoms with Gasteiger partial charge in [0.15, 0.2) is 0 Å². The molecule has 0 atom stereocenters. The van der Waals surface area contributed by atoms with Gasteiger partial charge in [0.1, 0.15) is 5.82 Å². The van der Waals surface area contributed by atoms with Crippen molar-refractivity contribution in [1.82, 2.24) is 10.9 Å². The lowest BCUT2D eigenvalue weighted by Gasteiger charge is -2.12. The molecule has 0 heterocycles. The summed E-state index contributed by atoms with van der Waals surface area (Å²) in [7, 11) is -4.16. The quantitative estimate of drug-likeness (QED) is 0.504. The Morgan fingerprint density at radius 3 is 2.23 bits per heavy atom. The van der Waals surface area contributed by atoms with Crippen LogP contribution >= 0.6 is 11.6 Å². The number of amides is 2. The predicted molar refractivity (Wildman–Crippen MR) is 115 cm³/mol. The molecule has 0 spiro atoms. The number of rotatable bonds is 5. The van der Waals surface area contributed by atoms with Gasteiger partial charge in [0.2, 0.25) is 0 Å². The van der Waals surface area contributed by atoms with E-state index in [-0.39, 0.29) is 21.7 Å². The minimum atomic E-state index is -4.16. The SMILES string of the molecule is Cc1ccc(S(=O)(=O)Nc2ccccc2F)cc1C(=O)NNC(=O)c1ccc(Cl)cc1. The lowest BCUT2D eigenvalue weighted by molar-refractivity contribution is 0.0846. The highest BCUT2D eigenvalue weighted by atomic mass is 35.5. The van der Waals surface area contributed by atoms with E-state index in [2.05, 4.69) is 15.6 Å². The van der Waals surface area contributed by atoms with Crippen molar-refractivity contribution in [3.05, 3.63) is 94.3 Å². The Morgan fingerprint density at radius 2 is 1.55 bits per heavy atom. The Labute approximate surface area is 183 Å². The summed E-state index contributed by atoms with van der Waals surface area (Å²) in [6, 6.07) is 15.2. The van der Waals surface area contributed by atoms with Crippen LogP contribution in [-0.2, 0) is 10.0 Å². The third-order valence-corrected chi connectivity index (χ3v) is 5.89. The molecule has 0 radical (unpaired) electrons. The van der Waals surface area contributed by atoms with E-state index >= 15 is 0 Å². The highest BCUT2D eigenvalue weighted by Gasteiger charge is 2.20. The molecular formula is C21H17ClFN3O4S. The zero-order chi connectivity index (χ0) is 22.6. The number of benzene rings is 3. The summed E-state index contributed by atoms with van der Waals surface area (Å²) in [5.74, 6) is -2.03. The highest BCUT2D eigenvalue weighted by Crippen LogP contribution is 2.21. The third-order valence-electron chi connectivity index (χ3n) is 4.28. The number of sulfonamides is 1. The van der Waals surface area contributed by atoms with Crippen molar-refractivity contribution < 1.29 is 22.4 Å². The maximum Gasteiger partial charge on any atom is 0.270 e. The Hall–Kier alpha value is -3.43. The number of hydrogen-bond acceptors (Lipinski definition) is 4. The second-order valence-corrected chi connectivity index (χ2v) is 8.60. The fraction of sp³-hybridized carbons (Fsp3) is 0.0476. The van der Waals surface area contributed by atoms with Gasteiger partial charge in [0, 0.05) is 16.1 Å². The molecule has 0 saturated heterocycles. The normalized spacial score (nSPS) is 10.9. The van der Waals surface area contributed by atoms with Crippen LogP contribution in [0.25, 0.3) is 0 Å². The molecule has 3 N–H and O–H groups in total. The lowest BCUT2D eigenvalue weighted by Crippen LogP contribution is -2.41. The van der Waals surface area contributed by atoms with Gasteiger partial charge in [-0.2, -0.15) is 0 Å². The minimum absolute atomic E-state index is 0.0211. The third kappa shape index (κ3) is 5.39. The van der Waals surface area contributed by atoms with Gasteiger partial charge in [-0.15, -0.1) is 0 Å². The minimum Gasteiger partial charge on any atom is -0.277 e. The number of hydrazine groups is 1. The molecule has 31 heavy (non-hydrogen) atoms. The number of para-hydroxylation sites is 1. The standard InChI is InChI=1S/C21H17ClFN3O4S/c1-13-6-11-16(31(29,30)26-19-5-3-2-4-18(19)23)12-17(13)21(28)25-24-20(27)14-7-9-15(22)10-8-14/h2-12,26H,1H3,(H,24,27)(H,25,28). The van der Waals surface area contributed by atoms with Gasteiger partial charge in [-0.05, 0) is 61.0 Å². The van der Waals surface area contributed by atoms with Crippen LogP contribution in [0.1, 0.15) is 26.3 Å². The fourth-order valence-corrected chi connectivity index (χ4v) is 3.83. The van der Waals surface area contributed by atoms with Crippen molar-refractivity contribution in [2.24, 2.45) is 0 Å². The number of carbonyl (C=O) groups is 2. The molecule has 0 aliphatic rings. The second kappa shape index (κ2) is 9.15. The van der Waals surface area contributed by atoms with E-state index in [1.807, 2.05) is 0 Å². The summed E-state index contributed by atoms with van der Waals surface area (Å²) < 4.78 is 41.2. The Morgan fingerprint density at radius 1 is 0.903 bits per heavy atom. The van der Waals surface area contributed by atoms with Crippen molar-refractivity contribution in [2.45, 2.75) is 11.8 Å². The van der Waals surface area contributed by atoms with Crippen molar-refractivity contribution >= 4 is 39.1 Å². The van der Waals surface area contributed by atoms with E-state index in [1.165, 1.54) is 54.6 Å². The summed E-state index contributed by atoms with van der Waals surface area (Å²) >= 11 is 5.78. The first-order valence-electron chi connectivity index (χ1n) is 8.91. The molecule has 160 valence electrons. The number of carbonyl (C=O) groups excluding carboxylic acids is 2. The van der Waals surface area contributed by atoms with Gasteiger partial charge in [0.05, 0.1) is 10.6 Å². The molecule has 0 aromatic heterocycles. The monoisotopic (exact) mass is 461 g/mol. The number of nitrogens with one attached hydrogen (secondary N) is 3. The van der Waals surface area contributed by atoms with E-state index in [0.717, 1.165) is 12.1 Å². The Bertz CT molecular complexity index is 1250. The van der Waals surface area contributed by atoms with Crippen molar-refractivity contribution in [2.75, 3.05) is 4.72 Å². The van der Waals surface area contributed by atoms with E-state index in [0.29, 0.717) is 10.6 Å². The molecule has 10 heteroatoms. The average Bonchev–Trinajstić information content (AvgIpc) is 2.74. The van der Waals surface area contributed by atoms with Gasteiger partial charge in [-0.25, -0.2) is 12.8 Å². The zero-order valence-corrected chi connectivity index (χ0v) is 17.7. The molecule has 2 amide bonds. The fourth-order valence-electron chi connectivity index (χ4n) is 2.61. The highest BCUT2D eigenvalue weighted by molar-refractivity contribution is 7.92. The molecule has 0 aliphatic heterocycles. The first kappa shape index (κ1) is 22.3. The molecule has 0 fully saturated rings. The number of hydrogen-bond donors (Lipinski definition) is 3. The van der Waals surface area contributed by atoms with Gasteiger partial charge in [0.25, 0.3) is 21.8 Å². The van der Waals surface area contributed by atoms with E-state index in [9.17, 15) is 22.4 Å². The first-order chi connectivity index (χ1) is 14.7. The number of halogens is 2. The summed E-state index contributed by atoms with van der Waals surface area (Å²) in [4.78, 5) is 24.4. The van der Waals surface area contributed by atoms with Gasteiger partial charge in [-0.1, -0.05) is 29.8 Å². The van der Waals surface area contributed by atoms with Gasteiger partial charge >= 0.3 is 0 Å². The summed E-state index contributed by atoms with van der Waals surface area (Å²) in [5.41, 5.74) is 5.04. The first-order valence-corrected chi connectivity index (χ1v) is 10.8. The van der Waals surface area contributed by atoms with Crippen LogP contribution in [-0.4, -0.2) is 20.2 Å². The van der Waals surface area contributed by atoms with Crippen LogP contribution in [0.5, 0.6) is 0 Å². The predicted octanol–water partition coefficient (Wildman–Crippen LogP) is 3.66. The number of aryl methyl sites for hydroxylation is 1. The Kier molecular flexibility index (Phi) is 6.57. The second-order valence-electron chi connectivity index (χ2n) is 6.48. The van der Waals surface area contributed by atoms with E-state index in [4.69, 9.17) is 11.6 Å². The maximum atomic E-state index is 13.8. The molecule has 0 bridgehead atoms. The largest absolute Gasteiger partial charge is 0.277 e. The van der Waals surface area contributed by atoms with Crippen LogP contribution < -0.4 is 15.6 Å².